The number of anilines is 1. The van der Waals surface area contributed by atoms with Crippen LogP contribution in [-0.4, -0.2) is 11.5 Å². The second-order valence-corrected chi connectivity index (χ2v) is 5.06. The van der Waals surface area contributed by atoms with E-state index in [1.165, 1.54) is 3.57 Å². The second-order valence-electron chi connectivity index (χ2n) is 3.81. The SMILES string of the molecule is CCNc1ccnc(COc2cccc(I)c2)c1. The van der Waals surface area contributed by atoms with Crippen LogP contribution >= 0.6 is 22.6 Å². The molecule has 0 spiro atoms. The zero-order valence-corrected chi connectivity index (χ0v) is 12.3. The number of pyridine rings is 1. The highest BCUT2D eigenvalue weighted by atomic mass is 127. The van der Waals surface area contributed by atoms with Crippen LogP contribution in [0.3, 0.4) is 0 Å². The molecule has 0 unspecified atom stereocenters. The van der Waals surface area contributed by atoms with Crippen LogP contribution in [-0.2, 0) is 6.61 Å². The Hall–Kier alpha value is -1.30. The quantitative estimate of drug-likeness (QED) is 0.832. The van der Waals surface area contributed by atoms with Crippen LogP contribution < -0.4 is 10.1 Å². The van der Waals surface area contributed by atoms with Crippen molar-refractivity contribution in [3.05, 3.63) is 51.9 Å². The standard InChI is InChI=1S/C14H15IN2O/c1-2-16-12-6-7-17-13(9-12)10-18-14-5-3-4-11(15)8-14/h3-9H,2,10H2,1H3,(H,16,17). The summed E-state index contributed by atoms with van der Waals surface area (Å²) in [6.07, 6.45) is 1.80. The van der Waals surface area contributed by atoms with Gasteiger partial charge in [0.15, 0.2) is 0 Å². The van der Waals surface area contributed by atoms with E-state index in [-0.39, 0.29) is 0 Å². The van der Waals surface area contributed by atoms with Gasteiger partial charge in [0.25, 0.3) is 0 Å². The minimum atomic E-state index is 0.485. The molecule has 0 bridgehead atoms. The summed E-state index contributed by atoms with van der Waals surface area (Å²) in [6.45, 7) is 3.46. The van der Waals surface area contributed by atoms with E-state index in [1.54, 1.807) is 6.20 Å². The Morgan fingerprint density at radius 2 is 2.17 bits per heavy atom. The van der Waals surface area contributed by atoms with Crippen molar-refractivity contribution in [1.29, 1.82) is 0 Å². The minimum absolute atomic E-state index is 0.485. The average molecular weight is 354 g/mol. The Labute approximate surface area is 121 Å². The molecule has 18 heavy (non-hydrogen) atoms. The molecule has 1 heterocycles. The maximum Gasteiger partial charge on any atom is 0.130 e. The fourth-order valence-electron chi connectivity index (χ4n) is 1.59. The van der Waals surface area contributed by atoms with Gasteiger partial charge in [0.1, 0.15) is 12.4 Å². The fourth-order valence-corrected chi connectivity index (χ4v) is 2.10. The van der Waals surface area contributed by atoms with Gasteiger partial charge in [-0.25, -0.2) is 0 Å². The number of nitrogens with zero attached hydrogens (tertiary/aromatic N) is 1. The summed E-state index contributed by atoms with van der Waals surface area (Å²) in [5.74, 6) is 0.873. The van der Waals surface area contributed by atoms with Crippen molar-refractivity contribution >= 4 is 28.3 Å². The first-order chi connectivity index (χ1) is 8.78. The third kappa shape index (κ3) is 3.87. The van der Waals surface area contributed by atoms with Crippen molar-refractivity contribution in [1.82, 2.24) is 4.98 Å². The van der Waals surface area contributed by atoms with E-state index in [2.05, 4.69) is 39.8 Å². The van der Waals surface area contributed by atoms with Gasteiger partial charge >= 0.3 is 0 Å². The van der Waals surface area contributed by atoms with Crippen molar-refractivity contribution in [2.45, 2.75) is 13.5 Å². The number of ether oxygens (including phenoxy) is 1. The third-order valence-electron chi connectivity index (χ3n) is 2.38. The molecule has 2 rings (SSSR count). The molecule has 0 amide bonds. The first-order valence-corrected chi connectivity index (χ1v) is 6.93. The lowest BCUT2D eigenvalue weighted by Gasteiger charge is -2.08. The molecule has 1 N–H and O–H groups in total. The molecule has 1 aromatic heterocycles. The molecule has 3 nitrogen and oxygen atoms in total. The topological polar surface area (TPSA) is 34.2 Å². The summed E-state index contributed by atoms with van der Waals surface area (Å²) < 4.78 is 6.88. The van der Waals surface area contributed by atoms with Crippen LogP contribution in [0.2, 0.25) is 0 Å². The molecule has 94 valence electrons. The van der Waals surface area contributed by atoms with Crippen LogP contribution in [0.25, 0.3) is 0 Å². The molecule has 0 radical (unpaired) electrons. The van der Waals surface area contributed by atoms with Crippen LogP contribution in [0, 0.1) is 3.57 Å². The van der Waals surface area contributed by atoms with Crippen molar-refractivity contribution < 1.29 is 4.74 Å². The molecule has 0 aliphatic rings. The van der Waals surface area contributed by atoms with E-state index >= 15 is 0 Å². The van der Waals surface area contributed by atoms with Crippen molar-refractivity contribution in [3.63, 3.8) is 0 Å². The zero-order chi connectivity index (χ0) is 12.8. The van der Waals surface area contributed by atoms with Crippen LogP contribution in [0.1, 0.15) is 12.6 Å². The van der Waals surface area contributed by atoms with Crippen LogP contribution in [0.5, 0.6) is 5.75 Å². The molecule has 4 heteroatoms. The van der Waals surface area contributed by atoms with E-state index in [1.807, 2.05) is 36.4 Å². The average Bonchev–Trinajstić information content (AvgIpc) is 2.37. The molecule has 0 fully saturated rings. The summed E-state index contributed by atoms with van der Waals surface area (Å²) >= 11 is 2.27. The fraction of sp³-hybridized carbons (Fsp3) is 0.214. The first kappa shape index (κ1) is 13.1. The lowest BCUT2D eigenvalue weighted by molar-refractivity contribution is 0.301. The maximum absolute atomic E-state index is 5.71. The molecule has 0 saturated heterocycles. The molecular weight excluding hydrogens is 339 g/mol. The minimum Gasteiger partial charge on any atom is -0.487 e. The highest BCUT2D eigenvalue weighted by Crippen LogP contribution is 2.16. The number of hydrogen-bond acceptors (Lipinski definition) is 3. The summed E-state index contributed by atoms with van der Waals surface area (Å²) in [7, 11) is 0. The van der Waals surface area contributed by atoms with Crippen molar-refractivity contribution in [2.24, 2.45) is 0 Å². The maximum atomic E-state index is 5.71. The third-order valence-corrected chi connectivity index (χ3v) is 3.05. The van der Waals surface area contributed by atoms with Gasteiger partial charge in [0, 0.05) is 22.0 Å². The van der Waals surface area contributed by atoms with Gasteiger partial charge in [-0.3, -0.25) is 4.98 Å². The van der Waals surface area contributed by atoms with Gasteiger partial charge in [-0.05, 0) is 59.8 Å². The Bertz CT molecular complexity index is 517. The van der Waals surface area contributed by atoms with Gasteiger partial charge in [-0.15, -0.1) is 0 Å². The molecular formula is C14H15IN2O. The smallest absolute Gasteiger partial charge is 0.130 e. The normalized spacial score (nSPS) is 10.1. The summed E-state index contributed by atoms with van der Waals surface area (Å²) in [6, 6.07) is 12.0. The number of rotatable bonds is 5. The van der Waals surface area contributed by atoms with E-state index in [0.29, 0.717) is 6.61 Å². The Morgan fingerprint density at radius 3 is 2.94 bits per heavy atom. The van der Waals surface area contributed by atoms with Crippen LogP contribution in [0.15, 0.2) is 42.6 Å². The Kier molecular flexibility index (Phi) is 4.81. The van der Waals surface area contributed by atoms with Gasteiger partial charge in [0.2, 0.25) is 0 Å². The predicted octanol–water partition coefficient (Wildman–Crippen LogP) is 3.70. The van der Waals surface area contributed by atoms with E-state index in [0.717, 1.165) is 23.7 Å². The Balaban J connectivity index is 1.99. The molecule has 0 aliphatic carbocycles. The first-order valence-electron chi connectivity index (χ1n) is 5.85. The van der Waals surface area contributed by atoms with Gasteiger partial charge < -0.3 is 10.1 Å². The zero-order valence-electron chi connectivity index (χ0n) is 10.2. The largest absolute Gasteiger partial charge is 0.487 e. The van der Waals surface area contributed by atoms with Crippen LogP contribution in [0.4, 0.5) is 5.69 Å². The molecule has 0 aliphatic heterocycles. The van der Waals surface area contributed by atoms with E-state index in [4.69, 9.17) is 4.74 Å². The highest BCUT2D eigenvalue weighted by Gasteiger charge is 1.99. The van der Waals surface area contributed by atoms with Crippen molar-refractivity contribution in [2.75, 3.05) is 11.9 Å². The van der Waals surface area contributed by atoms with Gasteiger partial charge in [-0.2, -0.15) is 0 Å². The number of nitrogens with one attached hydrogen (secondary N) is 1. The Morgan fingerprint density at radius 1 is 1.28 bits per heavy atom. The lowest BCUT2D eigenvalue weighted by Crippen LogP contribution is -2.01. The second kappa shape index (κ2) is 6.58. The summed E-state index contributed by atoms with van der Waals surface area (Å²) in [5.41, 5.74) is 2.00. The number of halogens is 1. The van der Waals surface area contributed by atoms with Gasteiger partial charge in [0.05, 0.1) is 5.69 Å². The summed E-state index contributed by atoms with van der Waals surface area (Å²) in [4.78, 5) is 4.29. The van der Waals surface area contributed by atoms with E-state index in [9.17, 15) is 0 Å². The highest BCUT2D eigenvalue weighted by molar-refractivity contribution is 14.1. The number of hydrogen-bond donors (Lipinski definition) is 1. The number of aromatic nitrogens is 1. The van der Waals surface area contributed by atoms with Crippen molar-refractivity contribution in [3.8, 4) is 5.75 Å². The van der Waals surface area contributed by atoms with Gasteiger partial charge in [-0.1, -0.05) is 6.07 Å². The molecule has 0 atom stereocenters. The molecule has 2 aromatic rings. The predicted molar refractivity (Wildman–Crippen MR) is 81.9 cm³/mol. The lowest BCUT2D eigenvalue weighted by atomic mass is 10.3. The van der Waals surface area contributed by atoms with E-state index < -0.39 is 0 Å². The molecule has 0 saturated carbocycles. The monoisotopic (exact) mass is 354 g/mol. The summed E-state index contributed by atoms with van der Waals surface area (Å²) in [5, 5.41) is 3.26. The number of benzene rings is 1. The molecule has 1 aromatic carbocycles.